The van der Waals surface area contributed by atoms with Gasteiger partial charge in [0.05, 0.1) is 11.1 Å². The summed E-state index contributed by atoms with van der Waals surface area (Å²) in [6.45, 7) is 12.9. The second kappa shape index (κ2) is 11.7. The number of allylic oxidation sites excluding steroid dienone is 1. The molecule has 0 fully saturated rings. The largest absolute Gasteiger partial charge is 0.478 e. The van der Waals surface area contributed by atoms with Gasteiger partial charge in [-0.2, -0.15) is 0 Å². The third kappa shape index (κ3) is 5.98. The highest BCUT2D eigenvalue weighted by Gasteiger charge is 2.52. The van der Waals surface area contributed by atoms with E-state index in [0.29, 0.717) is 18.3 Å². The van der Waals surface area contributed by atoms with Crippen molar-refractivity contribution in [1.82, 2.24) is 0 Å². The molecule has 4 atom stereocenters. The van der Waals surface area contributed by atoms with Crippen molar-refractivity contribution in [3.05, 3.63) is 23.3 Å². The quantitative estimate of drug-likeness (QED) is 0.310. The number of rotatable bonds is 14. The third-order valence-electron chi connectivity index (χ3n) is 7.64. The monoisotopic (exact) mass is 420 g/mol. The Bertz CT molecular complexity index is 647. The number of hydrogen-bond acceptors (Lipinski definition) is 2. The van der Waals surface area contributed by atoms with Crippen LogP contribution in [0.15, 0.2) is 23.3 Å². The molecule has 1 aliphatic rings. The maximum Gasteiger partial charge on any atom is 0.336 e. The van der Waals surface area contributed by atoms with Gasteiger partial charge in [0.15, 0.2) is 0 Å². The minimum Gasteiger partial charge on any atom is -0.478 e. The Hall–Kier alpha value is -1.58. The first kappa shape index (κ1) is 26.5. The summed E-state index contributed by atoms with van der Waals surface area (Å²) in [4.78, 5) is 24.4. The van der Waals surface area contributed by atoms with Gasteiger partial charge in [0.25, 0.3) is 0 Å². The van der Waals surface area contributed by atoms with E-state index >= 15 is 0 Å². The van der Waals surface area contributed by atoms with Gasteiger partial charge in [-0.15, -0.1) is 0 Å². The van der Waals surface area contributed by atoms with Crippen molar-refractivity contribution >= 4 is 11.9 Å². The first-order chi connectivity index (χ1) is 14.1. The van der Waals surface area contributed by atoms with E-state index in [0.717, 1.165) is 51.4 Å². The molecule has 4 heteroatoms. The van der Waals surface area contributed by atoms with Crippen LogP contribution in [0.25, 0.3) is 0 Å². The van der Waals surface area contributed by atoms with Crippen LogP contribution >= 0.6 is 0 Å². The van der Waals surface area contributed by atoms with Gasteiger partial charge >= 0.3 is 11.9 Å². The van der Waals surface area contributed by atoms with Crippen molar-refractivity contribution in [2.45, 2.75) is 106 Å². The molecule has 1 rings (SSSR count). The number of hydrogen-bond donors (Lipinski definition) is 2. The zero-order valence-corrected chi connectivity index (χ0v) is 20.1. The molecule has 0 saturated carbocycles. The second-order valence-electron chi connectivity index (χ2n) is 9.72. The van der Waals surface area contributed by atoms with Crippen molar-refractivity contribution < 1.29 is 19.8 Å². The topological polar surface area (TPSA) is 74.6 Å². The maximum absolute atomic E-state index is 12.4. The Kier molecular flexibility index (Phi) is 10.3. The Morgan fingerprint density at radius 1 is 0.867 bits per heavy atom. The zero-order chi connectivity index (χ0) is 22.9. The minimum absolute atomic E-state index is 0.0468. The van der Waals surface area contributed by atoms with Crippen molar-refractivity contribution in [1.29, 1.82) is 0 Å². The van der Waals surface area contributed by atoms with Crippen LogP contribution in [-0.2, 0) is 9.59 Å². The molecule has 0 aliphatic heterocycles. The van der Waals surface area contributed by atoms with Crippen LogP contribution in [0, 0.1) is 22.7 Å². The van der Waals surface area contributed by atoms with E-state index in [1.165, 1.54) is 6.42 Å². The third-order valence-corrected chi connectivity index (χ3v) is 7.64. The summed E-state index contributed by atoms with van der Waals surface area (Å²) in [5.74, 6) is -1.33. The molecule has 0 radical (unpaired) electrons. The molecular formula is C26H44O4. The molecule has 0 aromatic rings. The Morgan fingerprint density at radius 3 is 1.77 bits per heavy atom. The van der Waals surface area contributed by atoms with Gasteiger partial charge in [-0.05, 0) is 30.1 Å². The van der Waals surface area contributed by atoms with E-state index in [1.807, 2.05) is 13.0 Å². The summed E-state index contributed by atoms with van der Waals surface area (Å²) in [6, 6.07) is 0. The van der Waals surface area contributed by atoms with Gasteiger partial charge in [-0.25, -0.2) is 9.59 Å². The normalized spacial score (nSPS) is 25.9. The molecular weight excluding hydrogens is 376 g/mol. The zero-order valence-electron chi connectivity index (χ0n) is 20.1. The van der Waals surface area contributed by atoms with E-state index in [1.54, 1.807) is 6.08 Å². The summed E-state index contributed by atoms with van der Waals surface area (Å²) in [5, 5.41) is 19.9. The minimum atomic E-state index is -1.14. The summed E-state index contributed by atoms with van der Waals surface area (Å²) in [5.41, 5.74) is -1.04. The van der Waals surface area contributed by atoms with Crippen molar-refractivity contribution in [3.63, 3.8) is 0 Å². The van der Waals surface area contributed by atoms with E-state index in [4.69, 9.17) is 0 Å². The summed E-state index contributed by atoms with van der Waals surface area (Å²) < 4.78 is 0. The molecule has 0 aromatic carbocycles. The molecule has 0 aromatic heterocycles. The van der Waals surface area contributed by atoms with E-state index in [9.17, 15) is 19.8 Å². The lowest BCUT2D eigenvalue weighted by atomic mass is 9.52. The predicted octanol–water partition coefficient (Wildman–Crippen LogP) is 7.25. The van der Waals surface area contributed by atoms with E-state index in [-0.39, 0.29) is 16.6 Å². The average molecular weight is 421 g/mol. The first-order valence-electron chi connectivity index (χ1n) is 12.0. The Morgan fingerprint density at radius 2 is 1.37 bits per heavy atom. The highest BCUT2D eigenvalue weighted by atomic mass is 16.4. The van der Waals surface area contributed by atoms with Crippen LogP contribution < -0.4 is 0 Å². The smallest absolute Gasteiger partial charge is 0.336 e. The van der Waals surface area contributed by atoms with Gasteiger partial charge in [0.1, 0.15) is 0 Å². The summed E-state index contributed by atoms with van der Waals surface area (Å²) >= 11 is 0. The molecule has 0 amide bonds. The fraction of sp³-hybridized carbons (Fsp3) is 0.769. The molecule has 1 aliphatic carbocycles. The molecule has 0 saturated heterocycles. The number of aliphatic carboxylic acids is 2. The Balaban J connectivity index is 3.49. The number of unbranched alkanes of at least 4 members (excludes halogenated alkanes) is 2. The average Bonchev–Trinajstić information content (AvgIpc) is 2.69. The van der Waals surface area contributed by atoms with Gasteiger partial charge < -0.3 is 10.2 Å². The molecule has 0 spiro atoms. The number of carbonyl (C=O) groups is 2. The summed E-state index contributed by atoms with van der Waals surface area (Å²) in [7, 11) is 0. The van der Waals surface area contributed by atoms with Crippen LogP contribution in [0.5, 0.6) is 0 Å². The standard InChI is InChI=1S/C26H44O4/c1-7-11-13-19(9-3)17-25(5)16-15-21(23(27)28)22(24(29)30)26(25,6)18-20(10-4)14-12-8-2/h15-16,19-20H,7-14,17-18H2,1-6H3,(H,27,28)(H,29,30). The van der Waals surface area contributed by atoms with Crippen molar-refractivity contribution in [2.24, 2.45) is 22.7 Å². The van der Waals surface area contributed by atoms with Crippen molar-refractivity contribution in [3.8, 4) is 0 Å². The van der Waals surface area contributed by atoms with Crippen LogP contribution in [0.3, 0.4) is 0 Å². The SMILES string of the molecule is CCCCC(CC)CC1(C)C=CC(C(=O)O)=C(C(=O)O)C1(C)CC(CC)CCCC. The molecule has 0 bridgehead atoms. The van der Waals surface area contributed by atoms with E-state index in [2.05, 4.69) is 34.6 Å². The van der Waals surface area contributed by atoms with Gasteiger partial charge in [0, 0.05) is 5.41 Å². The molecule has 2 N–H and O–H groups in total. The molecule has 4 nitrogen and oxygen atoms in total. The Labute approximate surface area is 183 Å². The van der Waals surface area contributed by atoms with Crippen LogP contribution in [-0.4, -0.2) is 22.2 Å². The lowest BCUT2D eigenvalue weighted by molar-refractivity contribution is -0.138. The van der Waals surface area contributed by atoms with Crippen LogP contribution in [0.4, 0.5) is 0 Å². The molecule has 4 unspecified atom stereocenters. The van der Waals surface area contributed by atoms with E-state index < -0.39 is 17.4 Å². The lowest BCUT2D eigenvalue weighted by Crippen LogP contribution is -2.45. The second-order valence-corrected chi connectivity index (χ2v) is 9.72. The van der Waals surface area contributed by atoms with Gasteiger partial charge in [0.2, 0.25) is 0 Å². The fourth-order valence-corrected chi connectivity index (χ4v) is 5.34. The van der Waals surface area contributed by atoms with Gasteiger partial charge in [-0.1, -0.05) is 105 Å². The predicted molar refractivity (Wildman–Crippen MR) is 123 cm³/mol. The van der Waals surface area contributed by atoms with Gasteiger partial charge in [-0.3, -0.25) is 0 Å². The van der Waals surface area contributed by atoms with Crippen LogP contribution in [0.2, 0.25) is 0 Å². The fourth-order valence-electron chi connectivity index (χ4n) is 5.34. The van der Waals surface area contributed by atoms with Crippen molar-refractivity contribution in [2.75, 3.05) is 0 Å². The van der Waals surface area contributed by atoms with Crippen LogP contribution in [0.1, 0.15) is 106 Å². The number of carboxylic acids is 2. The molecule has 172 valence electrons. The number of carboxylic acid groups (broad SMARTS) is 2. The summed E-state index contributed by atoms with van der Waals surface area (Å²) in [6.07, 6.45) is 14.0. The highest BCUT2D eigenvalue weighted by Crippen LogP contribution is 2.57. The molecule has 0 heterocycles. The molecule has 30 heavy (non-hydrogen) atoms. The lowest BCUT2D eigenvalue weighted by Gasteiger charge is -2.51. The first-order valence-corrected chi connectivity index (χ1v) is 12.0. The highest BCUT2D eigenvalue weighted by molar-refractivity contribution is 6.02. The maximum atomic E-state index is 12.4.